The Kier molecular flexibility index (Phi) is 6.45. The molecular formula is C29H25N7O2S. The van der Waals surface area contributed by atoms with E-state index in [0.29, 0.717) is 39.7 Å². The SMILES string of the molecule is CCCCC(=O)Nc1cncc(-c2ccc3[nH]nc(-c4nc5c(-c6ccc(C(C)=O)s6)cccc5[nH]4)c3n2)c1. The Morgan fingerprint density at radius 3 is 2.72 bits per heavy atom. The van der Waals surface area contributed by atoms with Crippen molar-refractivity contribution in [2.75, 3.05) is 5.32 Å². The molecule has 6 aromatic rings. The predicted molar refractivity (Wildman–Crippen MR) is 154 cm³/mol. The van der Waals surface area contributed by atoms with Crippen LogP contribution < -0.4 is 5.32 Å². The Balaban J connectivity index is 1.36. The van der Waals surface area contributed by atoms with E-state index >= 15 is 0 Å². The molecule has 10 heteroatoms. The molecular weight excluding hydrogens is 510 g/mol. The van der Waals surface area contributed by atoms with E-state index in [0.717, 1.165) is 45.4 Å². The van der Waals surface area contributed by atoms with Crippen LogP contribution in [0.4, 0.5) is 5.69 Å². The van der Waals surface area contributed by atoms with Crippen molar-refractivity contribution in [3.63, 3.8) is 0 Å². The smallest absolute Gasteiger partial charge is 0.224 e. The number of nitrogens with zero attached hydrogens (tertiary/aromatic N) is 4. The number of rotatable bonds is 8. The van der Waals surface area contributed by atoms with Gasteiger partial charge in [-0.15, -0.1) is 11.3 Å². The monoisotopic (exact) mass is 535 g/mol. The van der Waals surface area contributed by atoms with Gasteiger partial charge in [-0.3, -0.25) is 19.7 Å². The van der Waals surface area contributed by atoms with Gasteiger partial charge in [0, 0.05) is 28.6 Å². The molecule has 0 saturated carbocycles. The summed E-state index contributed by atoms with van der Waals surface area (Å²) in [4.78, 5) is 43.2. The van der Waals surface area contributed by atoms with Crippen LogP contribution in [0.15, 0.2) is 60.9 Å². The van der Waals surface area contributed by atoms with Gasteiger partial charge in [-0.2, -0.15) is 5.10 Å². The lowest BCUT2D eigenvalue weighted by Gasteiger charge is -2.07. The van der Waals surface area contributed by atoms with Crippen LogP contribution in [0.25, 0.3) is 55.3 Å². The first kappa shape index (κ1) is 24.6. The molecule has 0 saturated heterocycles. The zero-order chi connectivity index (χ0) is 26.9. The number of imidazole rings is 1. The van der Waals surface area contributed by atoms with E-state index < -0.39 is 0 Å². The van der Waals surface area contributed by atoms with E-state index in [-0.39, 0.29) is 11.7 Å². The molecule has 3 N–H and O–H groups in total. The minimum absolute atomic E-state index is 0.0272. The molecule has 9 nitrogen and oxygen atoms in total. The summed E-state index contributed by atoms with van der Waals surface area (Å²) in [7, 11) is 0. The fourth-order valence-corrected chi connectivity index (χ4v) is 5.38. The minimum atomic E-state index is -0.0272. The quantitative estimate of drug-likeness (QED) is 0.188. The third kappa shape index (κ3) is 4.82. The normalized spacial score (nSPS) is 11.3. The Morgan fingerprint density at radius 2 is 1.90 bits per heavy atom. The number of H-pyrrole nitrogens is 2. The fourth-order valence-electron chi connectivity index (χ4n) is 4.45. The highest BCUT2D eigenvalue weighted by atomic mass is 32.1. The summed E-state index contributed by atoms with van der Waals surface area (Å²) >= 11 is 1.46. The van der Waals surface area contributed by atoms with Crippen molar-refractivity contribution >= 4 is 50.8 Å². The lowest BCUT2D eigenvalue weighted by Crippen LogP contribution is -2.11. The summed E-state index contributed by atoms with van der Waals surface area (Å²) in [6.07, 6.45) is 5.64. The van der Waals surface area contributed by atoms with Crippen molar-refractivity contribution in [1.29, 1.82) is 0 Å². The van der Waals surface area contributed by atoms with Crippen molar-refractivity contribution in [2.24, 2.45) is 0 Å². The number of Topliss-reactive ketones (excluding diaryl/α,β-unsaturated/α-hetero) is 1. The lowest BCUT2D eigenvalue weighted by molar-refractivity contribution is -0.116. The van der Waals surface area contributed by atoms with Crippen molar-refractivity contribution in [3.05, 3.63) is 65.8 Å². The number of hydrogen-bond donors (Lipinski definition) is 3. The van der Waals surface area contributed by atoms with E-state index in [2.05, 4.69) is 32.4 Å². The molecule has 0 aliphatic rings. The largest absolute Gasteiger partial charge is 0.336 e. The number of benzene rings is 1. The summed E-state index contributed by atoms with van der Waals surface area (Å²) < 4.78 is 0. The van der Waals surface area contributed by atoms with Crippen LogP contribution in [0.2, 0.25) is 0 Å². The van der Waals surface area contributed by atoms with Crippen molar-refractivity contribution in [2.45, 2.75) is 33.1 Å². The van der Waals surface area contributed by atoms with Crippen LogP contribution >= 0.6 is 11.3 Å². The Morgan fingerprint density at radius 1 is 1.00 bits per heavy atom. The lowest BCUT2D eigenvalue weighted by atomic mass is 10.1. The second-order valence-corrected chi connectivity index (χ2v) is 10.4. The van der Waals surface area contributed by atoms with Gasteiger partial charge in [0.25, 0.3) is 0 Å². The van der Waals surface area contributed by atoms with Gasteiger partial charge in [0.15, 0.2) is 17.3 Å². The second-order valence-electron chi connectivity index (χ2n) is 9.29. The summed E-state index contributed by atoms with van der Waals surface area (Å²) in [5, 5.41) is 10.5. The van der Waals surface area contributed by atoms with Crippen LogP contribution in [0, 0.1) is 0 Å². The third-order valence-corrected chi connectivity index (χ3v) is 7.66. The van der Waals surface area contributed by atoms with Gasteiger partial charge >= 0.3 is 0 Å². The maximum absolute atomic E-state index is 12.2. The Bertz CT molecular complexity index is 1850. The maximum atomic E-state index is 12.2. The molecule has 0 aliphatic carbocycles. The molecule has 194 valence electrons. The van der Waals surface area contributed by atoms with Crippen LogP contribution in [-0.2, 0) is 4.79 Å². The molecule has 39 heavy (non-hydrogen) atoms. The Hall–Kier alpha value is -4.70. The Labute approximate surface area is 227 Å². The number of aromatic nitrogens is 6. The molecule has 5 aromatic heterocycles. The number of anilines is 1. The highest BCUT2D eigenvalue weighted by Crippen LogP contribution is 2.35. The topological polar surface area (TPSA) is 129 Å². The van der Waals surface area contributed by atoms with Gasteiger partial charge in [0.1, 0.15) is 5.52 Å². The van der Waals surface area contributed by atoms with Gasteiger partial charge in [0.2, 0.25) is 5.91 Å². The van der Waals surface area contributed by atoms with Gasteiger partial charge in [-0.25, -0.2) is 9.97 Å². The molecule has 0 bridgehead atoms. The average Bonchev–Trinajstić information content (AvgIpc) is 3.69. The van der Waals surface area contributed by atoms with Crippen molar-refractivity contribution < 1.29 is 9.59 Å². The summed E-state index contributed by atoms with van der Waals surface area (Å²) in [6.45, 7) is 3.63. The molecule has 5 heterocycles. The van der Waals surface area contributed by atoms with Crippen LogP contribution in [0.3, 0.4) is 0 Å². The molecule has 0 unspecified atom stereocenters. The number of fused-ring (bicyclic) bond motifs is 2. The molecule has 0 fully saturated rings. The zero-order valence-corrected chi connectivity index (χ0v) is 22.2. The van der Waals surface area contributed by atoms with E-state index in [1.54, 1.807) is 19.3 Å². The molecule has 0 atom stereocenters. The summed E-state index contributed by atoms with van der Waals surface area (Å²) in [5.74, 6) is 0.609. The first-order chi connectivity index (χ1) is 19.0. The van der Waals surface area contributed by atoms with E-state index in [9.17, 15) is 9.59 Å². The number of carbonyl (C=O) groups excluding carboxylic acids is 2. The van der Waals surface area contributed by atoms with Crippen molar-refractivity contribution in [1.82, 2.24) is 30.1 Å². The first-order valence-electron chi connectivity index (χ1n) is 12.7. The average molecular weight is 536 g/mol. The number of pyridine rings is 2. The predicted octanol–water partition coefficient (Wildman–Crippen LogP) is 6.62. The molecule has 1 amide bonds. The summed E-state index contributed by atoms with van der Waals surface area (Å²) in [6, 6.07) is 15.4. The summed E-state index contributed by atoms with van der Waals surface area (Å²) in [5.41, 5.74) is 6.77. The number of para-hydroxylation sites is 1. The number of carbonyl (C=O) groups is 2. The van der Waals surface area contributed by atoms with E-state index in [1.165, 1.54) is 11.3 Å². The number of hydrogen-bond acceptors (Lipinski definition) is 7. The molecule has 0 radical (unpaired) electrons. The molecule has 0 spiro atoms. The second kappa shape index (κ2) is 10.2. The first-order valence-corrected chi connectivity index (χ1v) is 13.5. The van der Waals surface area contributed by atoms with Gasteiger partial charge in [-0.05, 0) is 49.7 Å². The van der Waals surface area contributed by atoms with Gasteiger partial charge < -0.3 is 10.3 Å². The fraction of sp³-hybridized carbons (Fsp3) is 0.172. The van der Waals surface area contributed by atoms with Crippen LogP contribution in [0.5, 0.6) is 0 Å². The number of unbranched alkanes of at least 4 members (excludes halogenated alkanes) is 1. The standard InChI is InChI=1S/C29H25N7O2S/c1-3-4-8-25(38)31-18-13-17(14-30-15-18)20-9-10-22-27(32-20)28(36-35-22)29-33-21-7-5-6-19(26(21)34-29)24-12-11-23(39-24)16(2)37/h5-7,9-15H,3-4,8H2,1-2H3,(H,31,38)(H,33,34)(H,35,36). The van der Waals surface area contributed by atoms with E-state index in [4.69, 9.17) is 9.97 Å². The van der Waals surface area contributed by atoms with E-state index in [1.807, 2.05) is 48.5 Å². The van der Waals surface area contributed by atoms with Gasteiger partial charge in [-0.1, -0.05) is 25.5 Å². The highest BCUT2D eigenvalue weighted by Gasteiger charge is 2.18. The molecule has 0 aliphatic heterocycles. The number of nitrogens with one attached hydrogen (secondary N) is 3. The van der Waals surface area contributed by atoms with Crippen LogP contribution in [0.1, 0.15) is 42.8 Å². The maximum Gasteiger partial charge on any atom is 0.224 e. The number of amides is 1. The minimum Gasteiger partial charge on any atom is -0.336 e. The third-order valence-electron chi connectivity index (χ3n) is 6.44. The number of thiophene rings is 1. The van der Waals surface area contributed by atoms with Crippen LogP contribution in [-0.4, -0.2) is 41.8 Å². The number of ketones is 1. The van der Waals surface area contributed by atoms with Crippen molar-refractivity contribution in [3.8, 4) is 33.2 Å². The number of aromatic amines is 2. The van der Waals surface area contributed by atoms with Gasteiger partial charge in [0.05, 0.1) is 39.0 Å². The molecule has 1 aromatic carbocycles. The highest BCUT2D eigenvalue weighted by molar-refractivity contribution is 7.17. The zero-order valence-electron chi connectivity index (χ0n) is 21.4. The molecule has 6 rings (SSSR count).